The molecule has 4 aromatic rings. The van der Waals surface area contributed by atoms with E-state index in [0.29, 0.717) is 24.1 Å². The molecule has 4 heteroatoms. The summed E-state index contributed by atoms with van der Waals surface area (Å²) in [4.78, 5) is 11.3. The van der Waals surface area contributed by atoms with E-state index in [-0.39, 0.29) is 0 Å². The second-order valence-corrected chi connectivity index (χ2v) is 9.90. The highest BCUT2D eigenvalue weighted by Gasteiger charge is 2.42. The fourth-order valence-corrected chi connectivity index (χ4v) is 5.28. The molecule has 36 heavy (non-hydrogen) atoms. The third-order valence-corrected chi connectivity index (χ3v) is 7.73. The van der Waals surface area contributed by atoms with Gasteiger partial charge in [0.05, 0.1) is 11.3 Å². The Bertz CT molecular complexity index is 1290. The Hall–Kier alpha value is -3.66. The van der Waals surface area contributed by atoms with Gasteiger partial charge in [-0.25, -0.2) is 0 Å². The number of rotatable bonds is 11. The summed E-state index contributed by atoms with van der Waals surface area (Å²) in [6, 6.07) is 27.7. The van der Waals surface area contributed by atoms with E-state index in [0.717, 1.165) is 35.2 Å². The molecule has 0 bridgehead atoms. The van der Waals surface area contributed by atoms with Crippen LogP contribution in [-0.2, 0) is 21.4 Å². The van der Waals surface area contributed by atoms with Crippen molar-refractivity contribution >= 4 is 6.47 Å². The van der Waals surface area contributed by atoms with Crippen molar-refractivity contribution < 1.29 is 14.1 Å². The summed E-state index contributed by atoms with van der Waals surface area (Å²) in [7, 11) is 0. The van der Waals surface area contributed by atoms with Crippen LogP contribution in [0.25, 0.3) is 22.5 Å². The third kappa shape index (κ3) is 4.99. The monoisotopic (exact) mass is 479 g/mol. The summed E-state index contributed by atoms with van der Waals surface area (Å²) in [6.07, 6.45) is 5.93. The van der Waals surface area contributed by atoms with Gasteiger partial charge in [0.15, 0.2) is 5.76 Å². The Balaban J connectivity index is 1.33. The molecule has 0 N–H and O–H groups in total. The molecule has 1 saturated carbocycles. The zero-order chi connectivity index (χ0) is 25.0. The molecule has 0 saturated heterocycles. The van der Waals surface area contributed by atoms with E-state index in [2.05, 4.69) is 72.7 Å². The van der Waals surface area contributed by atoms with Crippen molar-refractivity contribution in [2.75, 3.05) is 0 Å². The van der Waals surface area contributed by atoms with Gasteiger partial charge in [0, 0.05) is 5.56 Å². The lowest BCUT2D eigenvalue weighted by molar-refractivity contribution is -0.134. The molecule has 0 amide bonds. The molecular formula is C32H33NO3. The van der Waals surface area contributed by atoms with E-state index in [1.165, 1.54) is 36.0 Å². The molecule has 1 unspecified atom stereocenters. The lowest BCUT2D eigenvalue weighted by Gasteiger charge is -2.16. The van der Waals surface area contributed by atoms with E-state index in [1.807, 2.05) is 25.1 Å². The Morgan fingerprint density at radius 3 is 2.19 bits per heavy atom. The van der Waals surface area contributed by atoms with Crippen LogP contribution in [0.4, 0.5) is 0 Å². The Labute approximate surface area is 213 Å². The second-order valence-electron chi connectivity index (χ2n) is 9.90. The van der Waals surface area contributed by atoms with E-state index >= 15 is 0 Å². The molecule has 0 spiro atoms. The van der Waals surface area contributed by atoms with Gasteiger partial charge >= 0.3 is 0 Å². The minimum atomic E-state index is -0.395. The van der Waals surface area contributed by atoms with Gasteiger partial charge in [-0.2, -0.15) is 0 Å². The van der Waals surface area contributed by atoms with Gasteiger partial charge in [0.1, 0.15) is 6.10 Å². The first kappa shape index (κ1) is 24.1. The van der Waals surface area contributed by atoms with Crippen molar-refractivity contribution in [2.45, 2.75) is 63.9 Å². The number of benzene rings is 3. The van der Waals surface area contributed by atoms with Crippen molar-refractivity contribution in [3.8, 4) is 22.5 Å². The third-order valence-electron chi connectivity index (χ3n) is 7.73. The predicted molar refractivity (Wildman–Crippen MR) is 143 cm³/mol. The van der Waals surface area contributed by atoms with E-state index < -0.39 is 6.10 Å². The number of hydrogen-bond donors (Lipinski definition) is 0. The summed E-state index contributed by atoms with van der Waals surface area (Å²) in [6.45, 7) is 4.72. The predicted octanol–water partition coefficient (Wildman–Crippen LogP) is 8.00. The van der Waals surface area contributed by atoms with Crippen LogP contribution in [0.3, 0.4) is 0 Å². The Morgan fingerprint density at radius 1 is 0.944 bits per heavy atom. The molecule has 5 rings (SSSR count). The van der Waals surface area contributed by atoms with E-state index in [1.54, 1.807) is 0 Å². The van der Waals surface area contributed by atoms with E-state index in [9.17, 15) is 4.79 Å². The maximum absolute atomic E-state index is 11.3. The molecule has 4 nitrogen and oxygen atoms in total. The highest BCUT2D eigenvalue weighted by molar-refractivity contribution is 5.70. The second kappa shape index (κ2) is 10.5. The number of hydrogen-bond acceptors (Lipinski definition) is 4. The molecule has 0 radical (unpaired) electrons. The zero-order valence-electron chi connectivity index (χ0n) is 21.1. The van der Waals surface area contributed by atoms with Crippen LogP contribution in [-0.4, -0.2) is 11.6 Å². The van der Waals surface area contributed by atoms with Crippen LogP contribution in [0, 0.1) is 6.92 Å². The van der Waals surface area contributed by atoms with Crippen LogP contribution in [0.1, 0.15) is 67.5 Å². The van der Waals surface area contributed by atoms with E-state index in [4.69, 9.17) is 9.26 Å². The van der Waals surface area contributed by atoms with Gasteiger partial charge in [-0.05, 0) is 73.1 Å². The first-order chi connectivity index (χ1) is 17.6. The smallest absolute Gasteiger partial charge is 0.293 e. The minimum Gasteiger partial charge on any atom is -0.459 e. The molecule has 3 aromatic carbocycles. The number of carbonyl (C=O) groups excluding carboxylic acids is 1. The molecular weight excluding hydrogens is 446 g/mol. The summed E-state index contributed by atoms with van der Waals surface area (Å²) in [5.74, 6) is 0.666. The lowest BCUT2D eigenvalue weighted by Crippen LogP contribution is -2.06. The molecule has 1 aliphatic carbocycles. The highest BCUT2D eigenvalue weighted by Crippen LogP contribution is 2.51. The number of aryl methyl sites for hydroxylation is 2. The molecule has 1 aromatic heterocycles. The molecule has 1 aliphatic rings. The highest BCUT2D eigenvalue weighted by atomic mass is 16.5. The summed E-state index contributed by atoms with van der Waals surface area (Å²) < 4.78 is 11.3. The molecule has 1 atom stereocenters. The summed E-state index contributed by atoms with van der Waals surface area (Å²) in [5, 5.41) is 4.22. The maximum Gasteiger partial charge on any atom is 0.293 e. The minimum absolute atomic E-state index is 0.395. The van der Waals surface area contributed by atoms with Crippen molar-refractivity contribution in [2.24, 2.45) is 0 Å². The molecule has 1 fully saturated rings. The first-order valence-electron chi connectivity index (χ1n) is 12.9. The van der Waals surface area contributed by atoms with Crippen molar-refractivity contribution in [1.82, 2.24) is 5.16 Å². The van der Waals surface area contributed by atoms with Gasteiger partial charge in [0.2, 0.25) is 0 Å². The SMILES string of the molecule is CCC1(c2ccc(-c3ccc(-c4onc(C)c4C(CCCc4ccccc4)OC=O)cc3)cc2)CC1. The maximum atomic E-state index is 11.3. The first-order valence-corrected chi connectivity index (χ1v) is 12.9. The standard InChI is InChI=1S/C32H33NO3/c1-3-32(20-21-32)28-18-16-26(17-19-28)25-12-14-27(15-13-25)31-30(23(2)33-36-31)29(35-22-34)11-7-10-24-8-5-4-6-9-24/h4-6,8-9,12-19,22,29H,3,7,10-11,20-21H2,1-2H3. The van der Waals surface area contributed by atoms with Crippen LogP contribution in [0.15, 0.2) is 83.4 Å². The van der Waals surface area contributed by atoms with Gasteiger partial charge in [0.25, 0.3) is 6.47 Å². The zero-order valence-corrected chi connectivity index (χ0v) is 21.1. The van der Waals surface area contributed by atoms with Gasteiger partial charge in [-0.15, -0.1) is 0 Å². The molecule has 0 aliphatic heterocycles. The van der Waals surface area contributed by atoms with Crippen LogP contribution in [0.2, 0.25) is 0 Å². The molecule has 1 heterocycles. The quantitative estimate of drug-likeness (QED) is 0.205. The number of carbonyl (C=O) groups is 1. The Morgan fingerprint density at radius 2 is 1.58 bits per heavy atom. The van der Waals surface area contributed by atoms with Crippen molar-refractivity contribution in [3.05, 3.63) is 101 Å². The fraction of sp³-hybridized carbons (Fsp3) is 0.312. The van der Waals surface area contributed by atoms with Gasteiger partial charge < -0.3 is 9.26 Å². The number of nitrogens with zero attached hydrogens (tertiary/aromatic N) is 1. The van der Waals surface area contributed by atoms with Crippen LogP contribution < -0.4 is 0 Å². The Kier molecular flexibility index (Phi) is 7.04. The van der Waals surface area contributed by atoms with Crippen LogP contribution >= 0.6 is 0 Å². The van der Waals surface area contributed by atoms with Crippen LogP contribution in [0.5, 0.6) is 0 Å². The number of ether oxygens (including phenoxy) is 1. The summed E-state index contributed by atoms with van der Waals surface area (Å²) in [5.41, 5.74) is 8.04. The average Bonchev–Trinajstić information content (AvgIpc) is 3.64. The number of aromatic nitrogens is 1. The lowest BCUT2D eigenvalue weighted by atomic mass is 9.91. The largest absolute Gasteiger partial charge is 0.459 e. The van der Waals surface area contributed by atoms with Gasteiger partial charge in [-0.1, -0.05) is 90.9 Å². The van der Waals surface area contributed by atoms with Crippen molar-refractivity contribution in [3.63, 3.8) is 0 Å². The topological polar surface area (TPSA) is 52.3 Å². The summed E-state index contributed by atoms with van der Waals surface area (Å²) >= 11 is 0. The fourth-order valence-electron chi connectivity index (χ4n) is 5.28. The molecule has 184 valence electrons. The average molecular weight is 480 g/mol. The van der Waals surface area contributed by atoms with Gasteiger partial charge in [-0.3, -0.25) is 4.79 Å². The van der Waals surface area contributed by atoms with Crippen molar-refractivity contribution in [1.29, 1.82) is 0 Å². The normalized spacial score (nSPS) is 14.8.